The largest absolute Gasteiger partial charge is 0.480 e. The van der Waals surface area contributed by atoms with Gasteiger partial charge in [0.15, 0.2) is 12.4 Å². The number of piperidine rings is 1. The summed E-state index contributed by atoms with van der Waals surface area (Å²) in [6.07, 6.45) is 0.808. The fraction of sp³-hybridized carbons (Fsp3) is 0.409. The second kappa shape index (κ2) is 8.43. The van der Waals surface area contributed by atoms with Crippen LogP contribution >= 0.6 is 11.6 Å². The zero-order valence-corrected chi connectivity index (χ0v) is 19.3. The third-order valence-electron chi connectivity index (χ3n) is 6.08. The van der Waals surface area contributed by atoms with Crippen LogP contribution in [0.4, 0.5) is 40.7 Å². The quantitative estimate of drug-likeness (QED) is 0.503. The van der Waals surface area contributed by atoms with Gasteiger partial charge < -0.3 is 24.8 Å². The monoisotopic (exact) mass is 512 g/mol. The van der Waals surface area contributed by atoms with Crippen molar-refractivity contribution in [1.82, 2.24) is 14.5 Å². The van der Waals surface area contributed by atoms with Crippen molar-refractivity contribution >= 4 is 45.6 Å². The zero-order chi connectivity index (χ0) is 25.0. The number of benzene rings is 1. The first kappa shape index (κ1) is 23.5. The van der Waals surface area contributed by atoms with Crippen molar-refractivity contribution < 1.29 is 22.3 Å². The first-order valence-corrected chi connectivity index (χ1v) is 11.2. The molecule has 8 nitrogen and oxygen atoms in total. The summed E-state index contributed by atoms with van der Waals surface area (Å²) < 4.78 is 61.4. The van der Waals surface area contributed by atoms with E-state index in [2.05, 4.69) is 20.6 Å². The van der Waals surface area contributed by atoms with Crippen molar-refractivity contribution in [3.05, 3.63) is 39.8 Å². The molecular formula is C22H21ClF4N6O2. The van der Waals surface area contributed by atoms with Crippen LogP contribution in [0.1, 0.15) is 12.8 Å². The van der Waals surface area contributed by atoms with Gasteiger partial charge in [0.1, 0.15) is 5.02 Å². The molecule has 1 aromatic carbocycles. The number of nitrogens with one attached hydrogen (secondary N) is 2. The molecule has 0 aliphatic carbocycles. The van der Waals surface area contributed by atoms with Gasteiger partial charge in [0.25, 0.3) is 17.4 Å². The van der Waals surface area contributed by atoms with E-state index < -0.39 is 30.6 Å². The Morgan fingerprint density at radius 3 is 2.66 bits per heavy atom. The Hall–Kier alpha value is -3.28. The number of hydrogen-bond donors (Lipinski definition) is 2. The van der Waals surface area contributed by atoms with Crippen LogP contribution in [0, 0.1) is 0 Å². The summed E-state index contributed by atoms with van der Waals surface area (Å²) in [7, 11) is 1.53. The number of halogens is 5. The van der Waals surface area contributed by atoms with Crippen molar-refractivity contribution in [2.75, 3.05) is 41.8 Å². The third-order valence-corrected chi connectivity index (χ3v) is 6.35. The Kier molecular flexibility index (Phi) is 5.65. The first-order chi connectivity index (χ1) is 16.5. The molecule has 4 heterocycles. The molecule has 2 aliphatic heterocycles. The number of alkyl halides is 4. The summed E-state index contributed by atoms with van der Waals surface area (Å²) in [4.78, 5) is 22.9. The van der Waals surface area contributed by atoms with E-state index >= 15 is 0 Å². The number of nitrogens with zero attached hydrogens (tertiary/aromatic N) is 4. The highest BCUT2D eigenvalue weighted by Gasteiger charge is 2.36. The molecule has 0 spiro atoms. The lowest BCUT2D eigenvalue weighted by Crippen LogP contribution is -2.40. The molecule has 186 valence electrons. The lowest BCUT2D eigenvalue weighted by Gasteiger charge is -2.31. The van der Waals surface area contributed by atoms with E-state index in [9.17, 15) is 22.4 Å². The Balaban J connectivity index is 1.49. The van der Waals surface area contributed by atoms with E-state index in [0.717, 1.165) is 0 Å². The van der Waals surface area contributed by atoms with Crippen LogP contribution < -0.4 is 25.8 Å². The predicted octanol–water partition coefficient (Wildman–Crippen LogP) is 4.40. The van der Waals surface area contributed by atoms with Crippen molar-refractivity contribution in [2.45, 2.75) is 24.7 Å². The van der Waals surface area contributed by atoms with Crippen LogP contribution in [0.5, 0.6) is 5.75 Å². The Bertz CT molecular complexity index is 1360. The highest BCUT2D eigenvalue weighted by molar-refractivity contribution is 6.32. The predicted molar refractivity (Wildman–Crippen MR) is 125 cm³/mol. The van der Waals surface area contributed by atoms with Gasteiger partial charge in [-0.3, -0.25) is 4.79 Å². The van der Waals surface area contributed by atoms with E-state index in [1.54, 1.807) is 23.1 Å². The smallest absolute Gasteiger partial charge is 0.298 e. The summed E-state index contributed by atoms with van der Waals surface area (Å²) in [5.41, 5.74) is 0.652. The van der Waals surface area contributed by atoms with Gasteiger partial charge in [-0.1, -0.05) is 11.6 Å². The molecule has 2 aliphatic rings. The van der Waals surface area contributed by atoms with Crippen LogP contribution in [0.25, 0.3) is 10.9 Å². The summed E-state index contributed by atoms with van der Waals surface area (Å²) in [5, 5.41) is 6.41. The number of hydrogen-bond acceptors (Lipinski definition) is 7. The van der Waals surface area contributed by atoms with Gasteiger partial charge in [-0.15, -0.1) is 0 Å². The van der Waals surface area contributed by atoms with E-state index in [-0.39, 0.29) is 54.2 Å². The fourth-order valence-corrected chi connectivity index (χ4v) is 4.26. The number of pyridine rings is 1. The second-order valence-electron chi connectivity index (χ2n) is 8.63. The molecule has 1 fully saturated rings. The first-order valence-electron chi connectivity index (χ1n) is 10.9. The maximum Gasteiger partial charge on any atom is 0.298 e. The van der Waals surface area contributed by atoms with Gasteiger partial charge >= 0.3 is 0 Å². The highest BCUT2D eigenvalue weighted by atomic mass is 35.5. The molecule has 2 aromatic heterocycles. The van der Waals surface area contributed by atoms with Crippen molar-refractivity contribution in [3.63, 3.8) is 0 Å². The van der Waals surface area contributed by atoms with E-state index in [0.29, 0.717) is 16.6 Å². The van der Waals surface area contributed by atoms with Crippen molar-refractivity contribution in [1.29, 1.82) is 0 Å². The molecule has 0 bridgehead atoms. The summed E-state index contributed by atoms with van der Waals surface area (Å²) in [5.74, 6) is -5.51. The van der Waals surface area contributed by atoms with Crippen LogP contribution in [-0.4, -0.2) is 52.6 Å². The minimum atomic E-state index is -3.14. The topological polar surface area (TPSA) is 84.3 Å². The van der Waals surface area contributed by atoms with E-state index in [1.807, 2.05) is 0 Å². The molecule has 0 saturated carbocycles. The number of rotatable bonds is 3. The lowest BCUT2D eigenvalue weighted by molar-refractivity contribution is -0.0252. The Labute approximate surface area is 201 Å². The fourth-order valence-electron chi connectivity index (χ4n) is 4.12. The minimum absolute atomic E-state index is 0.112. The zero-order valence-electron chi connectivity index (χ0n) is 18.5. The van der Waals surface area contributed by atoms with Crippen LogP contribution in [-0.2, 0) is 7.05 Å². The van der Waals surface area contributed by atoms with Gasteiger partial charge in [-0.2, -0.15) is 4.98 Å². The standard InChI is InChI=1S/C22H21ClF4N6O2/c1-32-15-3-2-12(8-13(15)16-17(19(32)34)35-11-22(26,27)10-29-16)30-18-14(23)9-28-20(31-18)33-6-4-21(24,25)5-7-33/h2-3,8-9,29H,4-7,10-11H2,1H3,(H,28,30,31). The number of anilines is 4. The number of ether oxygens (including phenoxy) is 1. The molecule has 0 unspecified atom stereocenters. The number of aromatic nitrogens is 3. The van der Waals surface area contributed by atoms with E-state index in [1.165, 1.54) is 17.8 Å². The molecule has 0 atom stereocenters. The minimum Gasteiger partial charge on any atom is -0.480 e. The molecule has 13 heteroatoms. The molecule has 2 N–H and O–H groups in total. The summed E-state index contributed by atoms with van der Waals surface area (Å²) >= 11 is 6.28. The Morgan fingerprint density at radius 2 is 1.91 bits per heavy atom. The van der Waals surface area contributed by atoms with Gasteiger partial charge in [-0.25, -0.2) is 22.5 Å². The van der Waals surface area contributed by atoms with Gasteiger partial charge in [-0.05, 0) is 18.2 Å². The molecule has 35 heavy (non-hydrogen) atoms. The van der Waals surface area contributed by atoms with Gasteiger partial charge in [0.05, 0.1) is 23.9 Å². The van der Waals surface area contributed by atoms with Crippen molar-refractivity contribution in [3.8, 4) is 5.75 Å². The maximum absolute atomic E-state index is 13.9. The molecule has 0 amide bonds. The molecule has 1 saturated heterocycles. The summed E-state index contributed by atoms with van der Waals surface area (Å²) in [6, 6.07) is 5.00. The van der Waals surface area contributed by atoms with Crippen LogP contribution in [0.15, 0.2) is 29.2 Å². The number of aryl methyl sites for hydroxylation is 1. The molecule has 5 rings (SSSR count). The molecule has 3 aromatic rings. The van der Waals surface area contributed by atoms with Gasteiger partial charge in [0, 0.05) is 44.1 Å². The van der Waals surface area contributed by atoms with Crippen molar-refractivity contribution in [2.24, 2.45) is 7.05 Å². The normalized spacial score (nSPS) is 18.9. The molecular weight excluding hydrogens is 492 g/mol. The lowest BCUT2D eigenvalue weighted by atomic mass is 10.1. The SMILES string of the molecule is Cn1c(=O)c2c(c3cc(Nc4nc(N5CCC(F)(F)CC5)ncc4Cl)ccc31)NCC(F)(F)CO2. The van der Waals surface area contributed by atoms with Crippen LogP contribution in [0.2, 0.25) is 5.02 Å². The van der Waals surface area contributed by atoms with E-state index in [4.69, 9.17) is 16.3 Å². The Morgan fingerprint density at radius 1 is 1.17 bits per heavy atom. The van der Waals surface area contributed by atoms with Gasteiger partial charge in [0.2, 0.25) is 11.7 Å². The molecule has 0 radical (unpaired) electrons. The summed E-state index contributed by atoms with van der Waals surface area (Å²) in [6.45, 7) is -1.37. The average Bonchev–Trinajstić information content (AvgIpc) is 2.97. The second-order valence-corrected chi connectivity index (χ2v) is 9.04. The highest BCUT2D eigenvalue weighted by Crippen LogP contribution is 2.36. The third kappa shape index (κ3) is 4.54. The average molecular weight is 513 g/mol. The number of fused-ring (bicyclic) bond motifs is 3. The van der Waals surface area contributed by atoms with Crippen LogP contribution in [0.3, 0.4) is 0 Å². The maximum atomic E-state index is 13.9.